The van der Waals surface area contributed by atoms with Crippen molar-refractivity contribution in [2.75, 3.05) is 0 Å². The zero-order valence-electron chi connectivity index (χ0n) is 9.72. The van der Waals surface area contributed by atoms with Crippen molar-refractivity contribution in [3.05, 3.63) is 0 Å². The Morgan fingerprint density at radius 1 is 1.21 bits per heavy atom. The molecule has 1 nitrogen and oxygen atoms in total. The molecular weight excluding hydrogens is 172 g/mol. The van der Waals surface area contributed by atoms with Crippen molar-refractivity contribution in [2.24, 2.45) is 11.8 Å². The smallest absolute Gasteiger partial charge is 0.136 e. The Bertz CT molecular complexity index is 174. The number of ketones is 1. The largest absolute Gasteiger partial charge is 0.299 e. The number of Topliss-reactive ketones (excluding diaryl/α,β-unsaturated/α-hetero) is 1. The SMILES string of the molecule is CCCCCC[C@@H]1CC[C@H](C)CC1=O. The Hall–Kier alpha value is -0.330. The summed E-state index contributed by atoms with van der Waals surface area (Å²) in [6, 6.07) is 0. The van der Waals surface area contributed by atoms with Crippen LogP contribution in [0.15, 0.2) is 0 Å². The van der Waals surface area contributed by atoms with Gasteiger partial charge >= 0.3 is 0 Å². The molecule has 0 spiro atoms. The molecule has 0 aromatic carbocycles. The van der Waals surface area contributed by atoms with Gasteiger partial charge < -0.3 is 0 Å². The van der Waals surface area contributed by atoms with Gasteiger partial charge in [0, 0.05) is 12.3 Å². The Labute approximate surface area is 88.3 Å². The molecule has 0 radical (unpaired) electrons. The standard InChI is InChI=1S/C13H24O/c1-3-4-5-6-7-12-9-8-11(2)10-13(12)14/h11-12H,3-10H2,1-2H3/t11-,12+/m0/s1. The third kappa shape index (κ3) is 3.81. The highest BCUT2D eigenvalue weighted by Crippen LogP contribution is 2.28. The highest BCUT2D eigenvalue weighted by molar-refractivity contribution is 5.81. The fourth-order valence-corrected chi connectivity index (χ4v) is 2.38. The number of unbranched alkanes of at least 4 members (excludes halogenated alkanes) is 3. The molecule has 1 fully saturated rings. The third-order valence-corrected chi connectivity index (χ3v) is 3.42. The van der Waals surface area contributed by atoms with Gasteiger partial charge in [0.2, 0.25) is 0 Å². The van der Waals surface area contributed by atoms with Gasteiger partial charge in [-0.05, 0) is 25.2 Å². The number of hydrogen-bond donors (Lipinski definition) is 0. The molecule has 1 aliphatic carbocycles. The summed E-state index contributed by atoms with van der Waals surface area (Å²) in [5, 5.41) is 0. The van der Waals surface area contributed by atoms with Crippen molar-refractivity contribution in [3.63, 3.8) is 0 Å². The Morgan fingerprint density at radius 3 is 2.64 bits per heavy atom. The molecule has 1 aliphatic rings. The second-order valence-corrected chi connectivity index (χ2v) is 4.90. The third-order valence-electron chi connectivity index (χ3n) is 3.42. The van der Waals surface area contributed by atoms with E-state index in [4.69, 9.17) is 0 Å². The van der Waals surface area contributed by atoms with E-state index in [0.29, 0.717) is 17.6 Å². The second-order valence-electron chi connectivity index (χ2n) is 4.90. The lowest BCUT2D eigenvalue weighted by molar-refractivity contribution is -0.126. The number of carbonyl (C=O) groups is 1. The van der Waals surface area contributed by atoms with Crippen LogP contribution in [-0.4, -0.2) is 5.78 Å². The summed E-state index contributed by atoms with van der Waals surface area (Å²) in [5.74, 6) is 1.61. The monoisotopic (exact) mass is 196 g/mol. The first-order valence-corrected chi connectivity index (χ1v) is 6.26. The van der Waals surface area contributed by atoms with E-state index >= 15 is 0 Å². The van der Waals surface area contributed by atoms with Crippen LogP contribution in [0, 0.1) is 11.8 Å². The first-order valence-electron chi connectivity index (χ1n) is 6.26. The van der Waals surface area contributed by atoms with E-state index in [9.17, 15) is 4.79 Å². The minimum absolute atomic E-state index is 0.419. The Balaban J connectivity index is 2.14. The molecule has 0 bridgehead atoms. The van der Waals surface area contributed by atoms with Gasteiger partial charge in [-0.3, -0.25) is 4.79 Å². The van der Waals surface area contributed by atoms with Crippen LogP contribution in [0.1, 0.15) is 65.2 Å². The zero-order chi connectivity index (χ0) is 10.4. The van der Waals surface area contributed by atoms with Crippen molar-refractivity contribution in [2.45, 2.75) is 65.2 Å². The van der Waals surface area contributed by atoms with Crippen molar-refractivity contribution in [1.82, 2.24) is 0 Å². The maximum atomic E-state index is 11.7. The topological polar surface area (TPSA) is 17.1 Å². The first-order chi connectivity index (χ1) is 6.74. The maximum Gasteiger partial charge on any atom is 0.136 e. The minimum atomic E-state index is 0.419. The van der Waals surface area contributed by atoms with Crippen molar-refractivity contribution >= 4 is 5.78 Å². The molecule has 0 amide bonds. The van der Waals surface area contributed by atoms with Gasteiger partial charge in [-0.25, -0.2) is 0 Å². The predicted molar refractivity (Wildman–Crippen MR) is 60.3 cm³/mol. The van der Waals surface area contributed by atoms with Crippen LogP contribution < -0.4 is 0 Å². The fourth-order valence-electron chi connectivity index (χ4n) is 2.38. The average Bonchev–Trinajstić information content (AvgIpc) is 2.15. The lowest BCUT2D eigenvalue weighted by Gasteiger charge is -2.24. The van der Waals surface area contributed by atoms with Gasteiger partial charge in [0.05, 0.1) is 0 Å². The molecule has 0 aromatic rings. The number of rotatable bonds is 5. The van der Waals surface area contributed by atoms with Crippen molar-refractivity contribution < 1.29 is 4.79 Å². The number of carbonyl (C=O) groups excluding carboxylic acids is 1. The molecule has 0 N–H and O–H groups in total. The molecule has 14 heavy (non-hydrogen) atoms. The fraction of sp³-hybridized carbons (Fsp3) is 0.923. The van der Waals surface area contributed by atoms with Crippen LogP contribution in [0.25, 0.3) is 0 Å². The average molecular weight is 196 g/mol. The van der Waals surface area contributed by atoms with E-state index < -0.39 is 0 Å². The van der Waals surface area contributed by atoms with Gasteiger partial charge in [-0.15, -0.1) is 0 Å². The van der Waals surface area contributed by atoms with Gasteiger partial charge in [-0.1, -0.05) is 39.5 Å². The lowest BCUT2D eigenvalue weighted by atomic mass is 9.79. The molecule has 82 valence electrons. The molecule has 0 saturated heterocycles. The molecule has 1 rings (SSSR count). The van der Waals surface area contributed by atoms with Crippen LogP contribution >= 0.6 is 0 Å². The molecule has 0 aliphatic heterocycles. The van der Waals surface area contributed by atoms with Gasteiger partial charge in [0.1, 0.15) is 5.78 Å². The molecule has 1 saturated carbocycles. The van der Waals surface area contributed by atoms with Crippen LogP contribution in [0.5, 0.6) is 0 Å². The van der Waals surface area contributed by atoms with Gasteiger partial charge in [0.15, 0.2) is 0 Å². The Kier molecular flexibility index (Phi) is 5.21. The molecule has 0 heterocycles. The highest BCUT2D eigenvalue weighted by atomic mass is 16.1. The lowest BCUT2D eigenvalue weighted by Crippen LogP contribution is -2.23. The second kappa shape index (κ2) is 6.21. The summed E-state index contributed by atoms with van der Waals surface area (Å²) in [5.41, 5.74) is 0. The van der Waals surface area contributed by atoms with E-state index in [1.165, 1.54) is 32.1 Å². The summed E-state index contributed by atoms with van der Waals surface area (Å²) >= 11 is 0. The predicted octanol–water partition coefficient (Wildman–Crippen LogP) is 3.96. The molecule has 2 atom stereocenters. The first kappa shape index (κ1) is 11.7. The molecular formula is C13H24O. The molecule has 0 unspecified atom stereocenters. The van der Waals surface area contributed by atoms with E-state index in [-0.39, 0.29) is 0 Å². The summed E-state index contributed by atoms with van der Waals surface area (Å²) in [7, 11) is 0. The summed E-state index contributed by atoms with van der Waals surface area (Å²) in [6.07, 6.45) is 9.63. The van der Waals surface area contributed by atoms with Crippen LogP contribution in [0.2, 0.25) is 0 Å². The quantitative estimate of drug-likeness (QED) is 0.608. The summed E-state index contributed by atoms with van der Waals surface area (Å²) in [6.45, 7) is 4.43. The minimum Gasteiger partial charge on any atom is -0.299 e. The van der Waals surface area contributed by atoms with E-state index in [0.717, 1.165) is 19.3 Å². The normalized spacial score (nSPS) is 28.0. The van der Waals surface area contributed by atoms with E-state index in [1.807, 2.05) is 0 Å². The Morgan fingerprint density at radius 2 is 2.00 bits per heavy atom. The molecule has 1 heteroatoms. The zero-order valence-corrected chi connectivity index (χ0v) is 9.72. The van der Waals surface area contributed by atoms with Crippen LogP contribution in [0.3, 0.4) is 0 Å². The van der Waals surface area contributed by atoms with E-state index in [1.54, 1.807) is 0 Å². The van der Waals surface area contributed by atoms with Gasteiger partial charge in [0.25, 0.3) is 0 Å². The summed E-state index contributed by atoms with van der Waals surface area (Å²) < 4.78 is 0. The van der Waals surface area contributed by atoms with Crippen molar-refractivity contribution in [3.8, 4) is 0 Å². The van der Waals surface area contributed by atoms with Crippen LogP contribution in [0.4, 0.5) is 0 Å². The number of hydrogen-bond acceptors (Lipinski definition) is 1. The molecule has 0 aromatic heterocycles. The van der Waals surface area contributed by atoms with Gasteiger partial charge in [-0.2, -0.15) is 0 Å². The summed E-state index contributed by atoms with van der Waals surface area (Å²) in [4.78, 5) is 11.7. The van der Waals surface area contributed by atoms with Crippen molar-refractivity contribution in [1.29, 1.82) is 0 Å². The highest BCUT2D eigenvalue weighted by Gasteiger charge is 2.25. The maximum absolute atomic E-state index is 11.7. The van der Waals surface area contributed by atoms with Crippen LogP contribution in [-0.2, 0) is 4.79 Å². The van der Waals surface area contributed by atoms with E-state index in [2.05, 4.69) is 13.8 Å².